The summed E-state index contributed by atoms with van der Waals surface area (Å²) in [6.45, 7) is 0. The Balaban J connectivity index is 2.70. The molecule has 0 aliphatic carbocycles. The lowest BCUT2D eigenvalue weighted by Crippen LogP contribution is -1.70. The summed E-state index contributed by atoms with van der Waals surface area (Å²) < 4.78 is 5.23. The number of benzene rings is 1. The number of aromatic nitrogens is 1. The Bertz CT molecular complexity index is 413. The number of phenols is 2. The number of hydrogen-bond acceptors (Lipinski definition) is 5. The number of phenolic OH excluding ortho intramolecular Hbond substituents is 2. The second-order valence-corrected chi connectivity index (χ2v) is 3.25. The van der Waals surface area contributed by atoms with Gasteiger partial charge in [-0.3, -0.25) is 0 Å². The third kappa shape index (κ3) is 1.31. The van der Waals surface area contributed by atoms with E-state index in [0.29, 0.717) is 16.3 Å². The molecule has 0 aliphatic heterocycles. The van der Waals surface area contributed by atoms with Crippen LogP contribution in [-0.2, 0) is 0 Å². The molecule has 0 amide bonds. The molecular weight excluding hydrogens is 190 g/mol. The minimum atomic E-state index is -0.198. The minimum Gasteiger partial charge on any atom is -0.504 e. The molecule has 68 valence electrons. The molecule has 1 aromatic carbocycles. The summed E-state index contributed by atoms with van der Waals surface area (Å²) in [6, 6.07) is 2.71. The molecule has 2 N–H and O–H groups in total. The van der Waals surface area contributed by atoms with Gasteiger partial charge in [0.2, 0.25) is 0 Å². The van der Waals surface area contributed by atoms with Crippen LogP contribution in [0.15, 0.2) is 21.8 Å². The zero-order valence-electron chi connectivity index (χ0n) is 6.81. The average Bonchev–Trinajstić information content (AvgIpc) is 2.48. The van der Waals surface area contributed by atoms with Crippen molar-refractivity contribution in [2.45, 2.75) is 5.22 Å². The van der Waals surface area contributed by atoms with E-state index in [1.54, 1.807) is 0 Å². The van der Waals surface area contributed by atoms with Crippen LogP contribution in [0.2, 0.25) is 0 Å². The summed E-state index contributed by atoms with van der Waals surface area (Å²) in [6.07, 6.45) is 1.84. The molecule has 0 saturated heterocycles. The van der Waals surface area contributed by atoms with Gasteiger partial charge in [0.1, 0.15) is 5.52 Å². The molecule has 0 bridgehead atoms. The van der Waals surface area contributed by atoms with Crippen LogP contribution in [0.3, 0.4) is 0 Å². The van der Waals surface area contributed by atoms with Crippen molar-refractivity contribution in [3.8, 4) is 11.5 Å². The van der Waals surface area contributed by atoms with Gasteiger partial charge < -0.3 is 14.6 Å². The van der Waals surface area contributed by atoms with Crippen molar-refractivity contribution in [1.82, 2.24) is 4.98 Å². The Kier molecular flexibility index (Phi) is 1.81. The zero-order valence-corrected chi connectivity index (χ0v) is 7.63. The predicted molar refractivity (Wildman–Crippen MR) is 49.1 cm³/mol. The van der Waals surface area contributed by atoms with Gasteiger partial charge in [-0.15, -0.1) is 0 Å². The molecule has 4 nitrogen and oxygen atoms in total. The van der Waals surface area contributed by atoms with Crippen LogP contribution >= 0.6 is 11.8 Å². The zero-order chi connectivity index (χ0) is 9.42. The first-order chi connectivity index (χ1) is 6.20. The standard InChI is InChI=1S/C8H7NO3S/c1-13-8-9-4-2-5(10)6(11)3-7(4)12-8/h2-3,10-11H,1H3. The minimum absolute atomic E-state index is 0.187. The monoisotopic (exact) mass is 197 g/mol. The summed E-state index contributed by atoms with van der Waals surface area (Å²) in [5.74, 6) is -0.384. The normalized spacial score (nSPS) is 10.8. The van der Waals surface area contributed by atoms with Gasteiger partial charge in [-0.25, -0.2) is 4.98 Å². The van der Waals surface area contributed by atoms with Gasteiger partial charge in [-0.1, -0.05) is 11.8 Å². The Labute approximate surface area is 78.2 Å². The molecule has 0 aliphatic rings. The van der Waals surface area contributed by atoms with E-state index in [1.807, 2.05) is 6.26 Å². The first-order valence-corrected chi connectivity index (χ1v) is 4.79. The molecule has 0 atom stereocenters. The summed E-state index contributed by atoms with van der Waals surface area (Å²) in [7, 11) is 0. The van der Waals surface area contributed by atoms with E-state index in [0.717, 1.165) is 0 Å². The van der Waals surface area contributed by atoms with Crippen molar-refractivity contribution >= 4 is 22.9 Å². The topological polar surface area (TPSA) is 66.5 Å². The van der Waals surface area contributed by atoms with E-state index < -0.39 is 0 Å². The molecule has 2 aromatic rings. The second kappa shape index (κ2) is 2.85. The van der Waals surface area contributed by atoms with Gasteiger partial charge in [0.25, 0.3) is 5.22 Å². The third-order valence-corrected chi connectivity index (χ3v) is 2.16. The number of oxazole rings is 1. The average molecular weight is 197 g/mol. The highest BCUT2D eigenvalue weighted by molar-refractivity contribution is 7.98. The van der Waals surface area contributed by atoms with E-state index in [9.17, 15) is 0 Å². The van der Waals surface area contributed by atoms with Gasteiger partial charge in [-0.2, -0.15) is 0 Å². The summed E-state index contributed by atoms with van der Waals surface area (Å²) in [5.41, 5.74) is 1.01. The Morgan fingerprint density at radius 1 is 1.31 bits per heavy atom. The number of nitrogens with zero attached hydrogens (tertiary/aromatic N) is 1. The van der Waals surface area contributed by atoms with E-state index >= 15 is 0 Å². The number of thioether (sulfide) groups is 1. The van der Waals surface area contributed by atoms with Gasteiger partial charge in [0.15, 0.2) is 17.1 Å². The molecule has 1 aromatic heterocycles. The molecule has 0 unspecified atom stereocenters. The smallest absolute Gasteiger partial charge is 0.256 e. The third-order valence-electron chi connectivity index (χ3n) is 1.64. The Hall–Kier alpha value is -1.36. The van der Waals surface area contributed by atoms with Crippen molar-refractivity contribution in [2.75, 3.05) is 6.26 Å². The van der Waals surface area contributed by atoms with Crippen molar-refractivity contribution in [3.63, 3.8) is 0 Å². The summed E-state index contributed by atoms with van der Waals surface area (Å²) in [5, 5.41) is 18.8. The lowest BCUT2D eigenvalue weighted by molar-refractivity contribution is 0.403. The summed E-state index contributed by atoms with van der Waals surface area (Å²) >= 11 is 1.37. The Morgan fingerprint density at radius 2 is 2.00 bits per heavy atom. The SMILES string of the molecule is CSc1nc2cc(O)c(O)cc2o1. The van der Waals surface area contributed by atoms with Crippen molar-refractivity contribution in [3.05, 3.63) is 12.1 Å². The van der Waals surface area contributed by atoms with E-state index in [1.165, 1.54) is 23.9 Å². The van der Waals surface area contributed by atoms with Gasteiger partial charge in [0, 0.05) is 12.1 Å². The van der Waals surface area contributed by atoms with Crippen molar-refractivity contribution in [2.24, 2.45) is 0 Å². The predicted octanol–water partition coefficient (Wildman–Crippen LogP) is 1.96. The molecule has 13 heavy (non-hydrogen) atoms. The van der Waals surface area contributed by atoms with Crippen LogP contribution in [0.25, 0.3) is 11.1 Å². The molecular formula is C8H7NO3S. The molecule has 2 rings (SSSR count). The largest absolute Gasteiger partial charge is 0.504 e. The fourth-order valence-corrected chi connectivity index (χ4v) is 1.38. The van der Waals surface area contributed by atoms with Gasteiger partial charge in [0.05, 0.1) is 0 Å². The van der Waals surface area contributed by atoms with Crippen LogP contribution in [0.4, 0.5) is 0 Å². The highest BCUT2D eigenvalue weighted by Gasteiger charge is 2.08. The van der Waals surface area contributed by atoms with E-state index in [2.05, 4.69) is 4.98 Å². The Morgan fingerprint density at radius 3 is 2.69 bits per heavy atom. The fraction of sp³-hybridized carbons (Fsp3) is 0.125. The fourth-order valence-electron chi connectivity index (χ4n) is 1.02. The van der Waals surface area contributed by atoms with Crippen LogP contribution in [0.1, 0.15) is 0 Å². The molecule has 0 spiro atoms. The van der Waals surface area contributed by atoms with Crippen molar-refractivity contribution in [1.29, 1.82) is 0 Å². The van der Waals surface area contributed by atoms with Gasteiger partial charge in [-0.05, 0) is 6.26 Å². The molecule has 5 heteroatoms. The maximum absolute atomic E-state index is 9.16. The van der Waals surface area contributed by atoms with Crippen LogP contribution in [0, 0.1) is 0 Å². The maximum atomic E-state index is 9.16. The quantitative estimate of drug-likeness (QED) is 0.540. The molecule has 1 heterocycles. The highest BCUT2D eigenvalue weighted by atomic mass is 32.2. The van der Waals surface area contributed by atoms with E-state index in [-0.39, 0.29) is 11.5 Å². The lowest BCUT2D eigenvalue weighted by atomic mass is 10.3. The maximum Gasteiger partial charge on any atom is 0.256 e. The summed E-state index contributed by atoms with van der Waals surface area (Å²) in [4.78, 5) is 4.06. The second-order valence-electron chi connectivity index (χ2n) is 2.49. The lowest BCUT2D eigenvalue weighted by Gasteiger charge is -1.93. The highest BCUT2D eigenvalue weighted by Crippen LogP contribution is 2.31. The van der Waals surface area contributed by atoms with Gasteiger partial charge >= 0.3 is 0 Å². The number of hydrogen-bond donors (Lipinski definition) is 2. The van der Waals surface area contributed by atoms with Crippen LogP contribution < -0.4 is 0 Å². The molecule has 0 fully saturated rings. The molecule has 0 radical (unpaired) electrons. The number of rotatable bonds is 1. The van der Waals surface area contributed by atoms with Crippen LogP contribution in [0.5, 0.6) is 11.5 Å². The number of fused-ring (bicyclic) bond motifs is 1. The first-order valence-electron chi connectivity index (χ1n) is 3.57. The van der Waals surface area contributed by atoms with E-state index in [4.69, 9.17) is 14.6 Å². The van der Waals surface area contributed by atoms with Crippen LogP contribution in [-0.4, -0.2) is 21.5 Å². The van der Waals surface area contributed by atoms with Crippen molar-refractivity contribution < 1.29 is 14.6 Å². The number of aromatic hydroxyl groups is 2. The first kappa shape index (κ1) is 8.25. The molecule has 0 saturated carbocycles.